The number of rotatable bonds is 7. The molecular formula is C16H22ClN3O2. The molecule has 120 valence electrons. The lowest BCUT2D eigenvalue weighted by Gasteiger charge is -2.15. The van der Waals surface area contributed by atoms with Crippen LogP contribution in [0.1, 0.15) is 24.8 Å². The fraction of sp³-hybridized carbons (Fsp3) is 0.500. The van der Waals surface area contributed by atoms with Gasteiger partial charge < -0.3 is 15.5 Å². The van der Waals surface area contributed by atoms with Gasteiger partial charge in [0.1, 0.15) is 0 Å². The molecule has 0 saturated carbocycles. The molecule has 0 bridgehead atoms. The van der Waals surface area contributed by atoms with Crippen molar-refractivity contribution < 1.29 is 9.59 Å². The van der Waals surface area contributed by atoms with Gasteiger partial charge in [-0.25, -0.2) is 4.79 Å². The van der Waals surface area contributed by atoms with Crippen LogP contribution in [0.4, 0.5) is 4.79 Å². The Balaban J connectivity index is 1.54. The van der Waals surface area contributed by atoms with E-state index < -0.39 is 0 Å². The van der Waals surface area contributed by atoms with Gasteiger partial charge in [-0.05, 0) is 30.9 Å². The first kappa shape index (κ1) is 16.6. The van der Waals surface area contributed by atoms with E-state index in [2.05, 4.69) is 10.6 Å². The van der Waals surface area contributed by atoms with E-state index in [0.29, 0.717) is 25.9 Å². The lowest BCUT2D eigenvalue weighted by atomic mass is 10.1. The Morgan fingerprint density at radius 3 is 2.73 bits per heavy atom. The van der Waals surface area contributed by atoms with Gasteiger partial charge in [0.15, 0.2) is 0 Å². The molecule has 0 aliphatic carbocycles. The summed E-state index contributed by atoms with van der Waals surface area (Å²) in [6, 6.07) is 7.43. The minimum atomic E-state index is -0.181. The maximum absolute atomic E-state index is 11.6. The molecule has 1 aliphatic rings. The van der Waals surface area contributed by atoms with E-state index >= 15 is 0 Å². The highest BCUT2D eigenvalue weighted by molar-refractivity contribution is 6.31. The summed E-state index contributed by atoms with van der Waals surface area (Å²) in [6.45, 7) is 2.68. The molecule has 1 heterocycles. The summed E-state index contributed by atoms with van der Waals surface area (Å²) in [5.74, 6) is 0.226. The van der Waals surface area contributed by atoms with Crippen molar-refractivity contribution in [3.05, 3.63) is 34.9 Å². The number of carbonyl (C=O) groups excluding carboxylic acids is 2. The molecule has 6 heteroatoms. The van der Waals surface area contributed by atoms with E-state index in [4.69, 9.17) is 11.6 Å². The highest BCUT2D eigenvalue weighted by Gasteiger charge is 2.18. The molecule has 2 rings (SSSR count). The molecule has 5 nitrogen and oxygen atoms in total. The topological polar surface area (TPSA) is 61.4 Å². The largest absolute Gasteiger partial charge is 0.343 e. The van der Waals surface area contributed by atoms with Crippen molar-refractivity contribution in [1.29, 1.82) is 0 Å². The molecule has 22 heavy (non-hydrogen) atoms. The quantitative estimate of drug-likeness (QED) is 0.756. The van der Waals surface area contributed by atoms with Crippen LogP contribution in [-0.2, 0) is 11.2 Å². The van der Waals surface area contributed by atoms with E-state index in [9.17, 15) is 9.59 Å². The van der Waals surface area contributed by atoms with Gasteiger partial charge in [0.25, 0.3) is 0 Å². The van der Waals surface area contributed by atoms with Gasteiger partial charge in [0, 0.05) is 37.6 Å². The summed E-state index contributed by atoms with van der Waals surface area (Å²) in [6.07, 6.45) is 3.10. The van der Waals surface area contributed by atoms with Crippen molar-refractivity contribution in [2.45, 2.75) is 25.7 Å². The van der Waals surface area contributed by atoms with E-state index in [0.717, 1.165) is 36.5 Å². The molecule has 3 amide bonds. The molecule has 0 atom stereocenters. The zero-order chi connectivity index (χ0) is 15.8. The molecule has 1 aromatic carbocycles. The van der Waals surface area contributed by atoms with Gasteiger partial charge in [0.2, 0.25) is 5.91 Å². The number of nitrogens with zero attached hydrogens (tertiary/aromatic N) is 1. The second-order valence-corrected chi connectivity index (χ2v) is 5.77. The maximum atomic E-state index is 11.6. The van der Waals surface area contributed by atoms with E-state index in [1.807, 2.05) is 29.2 Å². The molecule has 2 N–H and O–H groups in total. The van der Waals surface area contributed by atoms with Gasteiger partial charge in [-0.1, -0.05) is 29.8 Å². The third-order valence-corrected chi connectivity index (χ3v) is 4.07. The molecular weight excluding hydrogens is 302 g/mol. The van der Waals surface area contributed by atoms with Gasteiger partial charge in [-0.15, -0.1) is 0 Å². The average molecular weight is 324 g/mol. The smallest absolute Gasteiger partial charge is 0.314 e. The normalized spacial score (nSPS) is 14.2. The van der Waals surface area contributed by atoms with Crippen LogP contribution >= 0.6 is 11.6 Å². The van der Waals surface area contributed by atoms with Crippen molar-refractivity contribution in [2.75, 3.05) is 26.2 Å². The van der Waals surface area contributed by atoms with Crippen LogP contribution in [0.5, 0.6) is 0 Å². The lowest BCUT2D eigenvalue weighted by Crippen LogP contribution is -2.38. The molecule has 1 saturated heterocycles. The van der Waals surface area contributed by atoms with Crippen LogP contribution in [0.15, 0.2) is 24.3 Å². The Kier molecular flexibility index (Phi) is 6.52. The third kappa shape index (κ3) is 5.22. The minimum absolute atomic E-state index is 0.181. The standard InChI is InChI=1S/C16H22ClN3O2/c17-14-6-2-1-5-13(14)8-10-19-16(22)18-9-4-12-20-11-3-7-15(20)21/h1-2,5-6H,3-4,7-12H2,(H2,18,19,22). The van der Waals surface area contributed by atoms with Gasteiger partial charge in [-0.2, -0.15) is 0 Å². The predicted octanol–water partition coefficient (Wildman–Crippen LogP) is 2.19. The number of likely N-dealkylation sites (tertiary alicyclic amines) is 1. The Bertz CT molecular complexity index is 522. The zero-order valence-corrected chi connectivity index (χ0v) is 13.4. The SMILES string of the molecule is O=C(NCCCN1CCCC1=O)NCCc1ccccc1Cl. The number of halogens is 1. The summed E-state index contributed by atoms with van der Waals surface area (Å²) in [5.41, 5.74) is 1.03. The van der Waals surface area contributed by atoms with E-state index in [1.165, 1.54) is 0 Å². The van der Waals surface area contributed by atoms with Crippen LogP contribution in [0, 0.1) is 0 Å². The number of hydrogen-bond donors (Lipinski definition) is 2. The van der Waals surface area contributed by atoms with Gasteiger partial charge in [-0.3, -0.25) is 4.79 Å². The van der Waals surface area contributed by atoms with E-state index in [1.54, 1.807) is 0 Å². The molecule has 0 radical (unpaired) electrons. The Morgan fingerprint density at radius 1 is 1.23 bits per heavy atom. The van der Waals surface area contributed by atoms with Gasteiger partial charge in [0.05, 0.1) is 0 Å². The number of carbonyl (C=O) groups is 2. The van der Waals surface area contributed by atoms with Crippen LogP contribution < -0.4 is 10.6 Å². The number of hydrogen-bond acceptors (Lipinski definition) is 2. The van der Waals surface area contributed by atoms with Crippen LogP contribution in [0.2, 0.25) is 5.02 Å². The number of nitrogens with one attached hydrogen (secondary N) is 2. The molecule has 1 aromatic rings. The monoisotopic (exact) mass is 323 g/mol. The second-order valence-electron chi connectivity index (χ2n) is 5.36. The van der Waals surface area contributed by atoms with Crippen molar-refractivity contribution in [2.24, 2.45) is 0 Å². The Morgan fingerprint density at radius 2 is 2.00 bits per heavy atom. The van der Waals surface area contributed by atoms with Crippen molar-refractivity contribution in [3.8, 4) is 0 Å². The average Bonchev–Trinajstić information content (AvgIpc) is 2.91. The fourth-order valence-electron chi connectivity index (χ4n) is 2.49. The lowest BCUT2D eigenvalue weighted by molar-refractivity contribution is -0.127. The summed E-state index contributed by atoms with van der Waals surface area (Å²) < 4.78 is 0. The molecule has 0 unspecified atom stereocenters. The van der Waals surface area contributed by atoms with Crippen LogP contribution in [0.25, 0.3) is 0 Å². The van der Waals surface area contributed by atoms with Crippen molar-refractivity contribution in [3.63, 3.8) is 0 Å². The first-order chi connectivity index (χ1) is 10.7. The molecule has 0 spiro atoms. The predicted molar refractivity (Wildman–Crippen MR) is 87.0 cm³/mol. The first-order valence-corrected chi connectivity index (χ1v) is 8.07. The molecule has 1 aliphatic heterocycles. The highest BCUT2D eigenvalue weighted by Crippen LogP contribution is 2.14. The zero-order valence-electron chi connectivity index (χ0n) is 12.6. The number of amides is 3. The molecule has 0 aromatic heterocycles. The maximum Gasteiger partial charge on any atom is 0.314 e. The summed E-state index contributed by atoms with van der Waals surface area (Å²) in [5, 5.41) is 6.33. The van der Waals surface area contributed by atoms with Crippen molar-refractivity contribution >= 4 is 23.5 Å². The Hall–Kier alpha value is -1.75. The second kappa shape index (κ2) is 8.63. The molecule has 1 fully saturated rings. The van der Waals surface area contributed by atoms with E-state index in [-0.39, 0.29) is 11.9 Å². The van der Waals surface area contributed by atoms with Crippen molar-refractivity contribution in [1.82, 2.24) is 15.5 Å². The van der Waals surface area contributed by atoms with Crippen LogP contribution in [-0.4, -0.2) is 43.0 Å². The fourth-order valence-corrected chi connectivity index (χ4v) is 2.72. The summed E-state index contributed by atoms with van der Waals surface area (Å²) in [4.78, 5) is 24.9. The van der Waals surface area contributed by atoms with Crippen LogP contribution in [0.3, 0.4) is 0 Å². The number of urea groups is 1. The summed E-state index contributed by atoms with van der Waals surface area (Å²) >= 11 is 6.06. The third-order valence-electron chi connectivity index (χ3n) is 3.70. The Labute approximate surface area is 136 Å². The summed E-state index contributed by atoms with van der Waals surface area (Å²) in [7, 11) is 0. The first-order valence-electron chi connectivity index (χ1n) is 7.69. The minimum Gasteiger partial charge on any atom is -0.343 e. The van der Waals surface area contributed by atoms with Gasteiger partial charge >= 0.3 is 6.03 Å². The highest BCUT2D eigenvalue weighted by atomic mass is 35.5. The number of benzene rings is 1.